The first-order chi connectivity index (χ1) is 28.1. The van der Waals surface area contributed by atoms with Crippen LogP contribution in [0, 0.1) is 6.92 Å². The van der Waals surface area contributed by atoms with Crippen LogP contribution in [0.3, 0.4) is 0 Å². The fourth-order valence-electron chi connectivity index (χ4n) is 8.74. The van der Waals surface area contributed by atoms with Crippen molar-refractivity contribution in [3.05, 3.63) is 206 Å². The summed E-state index contributed by atoms with van der Waals surface area (Å²) in [5, 5.41) is 10.8. The van der Waals surface area contributed by atoms with Gasteiger partial charge in [0.15, 0.2) is 0 Å². The Morgan fingerprint density at radius 1 is 0.333 bits per heavy atom. The zero-order valence-electron chi connectivity index (χ0n) is 31.4. The summed E-state index contributed by atoms with van der Waals surface area (Å²) in [7, 11) is 0. The first-order valence-electron chi connectivity index (χ1n) is 19.5. The number of hydrogen-bond donors (Lipinski definition) is 0. The average Bonchev–Trinajstić information content (AvgIpc) is 3.28. The van der Waals surface area contributed by atoms with Gasteiger partial charge in [0.2, 0.25) is 0 Å². The van der Waals surface area contributed by atoms with Gasteiger partial charge >= 0.3 is 0 Å². The molecule has 0 spiro atoms. The van der Waals surface area contributed by atoms with Gasteiger partial charge in [-0.25, -0.2) is 4.98 Å². The first kappa shape index (κ1) is 33.0. The van der Waals surface area contributed by atoms with Gasteiger partial charge in [0, 0.05) is 28.7 Å². The molecule has 9 aromatic carbocycles. The standard InChI is InChI=1S/C55H36N2/c1-35-9-6-17-50-46(35)14-8-16-49(50)45-32-43(36-19-21-38(22-20-36)48-15-7-11-37-10-2-3-12-47(37)48)31-44(33-45)41-24-23-40-30-42(26-25-39(40)29-41)55-53-34-56-28-27-51(53)52-13-4-5-18-54(52)57-55/h2-34H,1H3. The topological polar surface area (TPSA) is 25.8 Å². The lowest BCUT2D eigenvalue weighted by molar-refractivity contribution is 1.35. The van der Waals surface area contributed by atoms with Crippen molar-refractivity contribution >= 4 is 54.0 Å². The van der Waals surface area contributed by atoms with Crippen LogP contribution in [0.5, 0.6) is 0 Å². The van der Waals surface area contributed by atoms with Crippen LogP contribution in [-0.4, -0.2) is 9.97 Å². The predicted molar refractivity (Wildman–Crippen MR) is 241 cm³/mol. The molecule has 0 amide bonds. The lowest BCUT2D eigenvalue weighted by atomic mass is 9.89. The van der Waals surface area contributed by atoms with Crippen LogP contribution in [0.4, 0.5) is 0 Å². The highest BCUT2D eigenvalue weighted by Crippen LogP contribution is 2.39. The van der Waals surface area contributed by atoms with Crippen molar-refractivity contribution in [3.63, 3.8) is 0 Å². The number of rotatable bonds is 5. The molecule has 2 nitrogen and oxygen atoms in total. The molecule has 0 saturated carbocycles. The number of fused-ring (bicyclic) bond motifs is 6. The van der Waals surface area contributed by atoms with Gasteiger partial charge in [0.05, 0.1) is 11.2 Å². The van der Waals surface area contributed by atoms with Gasteiger partial charge in [-0.2, -0.15) is 0 Å². The van der Waals surface area contributed by atoms with E-state index in [0.717, 1.165) is 27.5 Å². The molecule has 0 aliphatic rings. The lowest BCUT2D eigenvalue weighted by Gasteiger charge is -2.15. The Hall–Kier alpha value is -7.42. The van der Waals surface area contributed by atoms with Gasteiger partial charge in [-0.3, -0.25) is 4.98 Å². The van der Waals surface area contributed by atoms with E-state index in [1.807, 2.05) is 12.4 Å². The summed E-state index contributed by atoms with van der Waals surface area (Å²) in [6.45, 7) is 2.20. The molecule has 2 heteroatoms. The molecule has 0 radical (unpaired) electrons. The van der Waals surface area contributed by atoms with Gasteiger partial charge in [0.1, 0.15) is 0 Å². The van der Waals surface area contributed by atoms with Gasteiger partial charge in [-0.05, 0) is 137 Å². The zero-order valence-corrected chi connectivity index (χ0v) is 31.4. The molecule has 0 bridgehead atoms. The molecule has 57 heavy (non-hydrogen) atoms. The lowest BCUT2D eigenvalue weighted by Crippen LogP contribution is -1.91. The summed E-state index contributed by atoms with van der Waals surface area (Å²) >= 11 is 0. The Kier molecular flexibility index (Phi) is 7.75. The summed E-state index contributed by atoms with van der Waals surface area (Å²) in [4.78, 5) is 9.63. The van der Waals surface area contributed by atoms with Crippen molar-refractivity contribution in [1.82, 2.24) is 9.97 Å². The van der Waals surface area contributed by atoms with Crippen molar-refractivity contribution < 1.29 is 0 Å². The van der Waals surface area contributed by atoms with E-state index in [9.17, 15) is 0 Å². The maximum atomic E-state index is 5.15. The summed E-state index contributed by atoms with van der Waals surface area (Å²) < 4.78 is 0. The highest BCUT2D eigenvalue weighted by atomic mass is 14.7. The maximum Gasteiger partial charge on any atom is 0.0803 e. The fraction of sp³-hybridized carbons (Fsp3) is 0.0182. The number of aryl methyl sites for hydroxylation is 1. The number of hydrogen-bond acceptors (Lipinski definition) is 2. The van der Waals surface area contributed by atoms with Crippen molar-refractivity contribution in [3.8, 4) is 55.8 Å². The molecule has 266 valence electrons. The SMILES string of the molecule is Cc1cccc2c(-c3cc(-c4ccc(-c5cccc6ccccc56)cc4)cc(-c4ccc5cc(-c6nc7ccccc7c7ccncc67)ccc5c4)c3)cccc12. The monoisotopic (exact) mass is 724 g/mol. The Bertz CT molecular complexity index is 3350. The minimum atomic E-state index is 0.955. The summed E-state index contributed by atoms with van der Waals surface area (Å²) in [5.41, 5.74) is 14.0. The van der Waals surface area contributed by atoms with Crippen LogP contribution in [0.25, 0.3) is 110 Å². The highest BCUT2D eigenvalue weighted by molar-refractivity contribution is 6.11. The Labute approximate surface area is 331 Å². The molecule has 0 N–H and O–H groups in total. The number of para-hydroxylation sites is 1. The van der Waals surface area contributed by atoms with E-state index in [2.05, 4.69) is 200 Å². The van der Waals surface area contributed by atoms with E-state index in [-0.39, 0.29) is 0 Å². The van der Waals surface area contributed by atoms with Crippen molar-refractivity contribution in [2.24, 2.45) is 0 Å². The third-order valence-corrected chi connectivity index (χ3v) is 11.7. The predicted octanol–water partition coefficient (Wildman–Crippen LogP) is 14.9. The number of nitrogens with zero attached hydrogens (tertiary/aromatic N) is 2. The van der Waals surface area contributed by atoms with Gasteiger partial charge in [-0.15, -0.1) is 0 Å². The molecular weight excluding hydrogens is 689 g/mol. The van der Waals surface area contributed by atoms with Gasteiger partial charge in [0.25, 0.3) is 0 Å². The van der Waals surface area contributed by atoms with E-state index in [1.165, 1.54) is 87.8 Å². The molecular formula is C55H36N2. The summed E-state index contributed by atoms with van der Waals surface area (Å²) in [6, 6.07) is 68.6. The van der Waals surface area contributed by atoms with Crippen LogP contribution in [0.15, 0.2) is 200 Å². The molecule has 11 aromatic rings. The molecule has 0 saturated heterocycles. The van der Waals surface area contributed by atoms with Crippen molar-refractivity contribution in [2.45, 2.75) is 6.92 Å². The van der Waals surface area contributed by atoms with E-state index >= 15 is 0 Å². The number of aromatic nitrogens is 2. The second-order valence-corrected chi connectivity index (χ2v) is 15.1. The molecule has 0 fully saturated rings. The molecule has 2 heterocycles. The van der Waals surface area contributed by atoms with E-state index in [0.29, 0.717) is 0 Å². The zero-order chi connectivity index (χ0) is 37.9. The van der Waals surface area contributed by atoms with Gasteiger partial charge < -0.3 is 0 Å². The van der Waals surface area contributed by atoms with Crippen molar-refractivity contribution in [1.29, 1.82) is 0 Å². The molecule has 0 atom stereocenters. The Morgan fingerprint density at radius 3 is 1.79 bits per heavy atom. The second kappa shape index (κ2) is 13.4. The van der Waals surface area contributed by atoms with Crippen LogP contribution in [-0.2, 0) is 0 Å². The molecule has 0 aliphatic heterocycles. The maximum absolute atomic E-state index is 5.15. The van der Waals surface area contributed by atoms with Gasteiger partial charge in [-0.1, -0.05) is 146 Å². The highest BCUT2D eigenvalue weighted by Gasteiger charge is 2.14. The summed E-state index contributed by atoms with van der Waals surface area (Å²) in [6.07, 6.45) is 3.81. The molecule has 11 rings (SSSR count). The second-order valence-electron chi connectivity index (χ2n) is 15.1. The number of pyridine rings is 2. The Balaban J connectivity index is 1.04. The summed E-state index contributed by atoms with van der Waals surface area (Å²) in [5.74, 6) is 0. The fourth-order valence-corrected chi connectivity index (χ4v) is 8.74. The number of benzene rings is 9. The molecule has 2 aromatic heterocycles. The third-order valence-electron chi connectivity index (χ3n) is 11.7. The van der Waals surface area contributed by atoms with Crippen molar-refractivity contribution in [2.75, 3.05) is 0 Å². The van der Waals surface area contributed by atoms with E-state index < -0.39 is 0 Å². The van der Waals surface area contributed by atoms with E-state index in [4.69, 9.17) is 4.98 Å². The first-order valence-corrected chi connectivity index (χ1v) is 19.5. The quantitative estimate of drug-likeness (QED) is 0.165. The Morgan fingerprint density at radius 2 is 0.930 bits per heavy atom. The minimum absolute atomic E-state index is 0.955. The minimum Gasteiger partial charge on any atom is -0.264 e. The van der Waals surface area contributed by atoms with Crippen LogP contribution in [0.1, 0.15) is 5.56 Å². The normalized spacial score (nSPS) is 11.6. The molecule has 0 unspecified atom stereocenters. The van der Waals surface area contributed by atoms with Crippen LogP contribution < -0.4 is 0 Å². The van der Waals surface area contributed by atoms with Crippen LogP contribution in [0.2, 0.25) is 0 Å². The molecule has 0 aliphatic carbocycles. The van der Waals surface area contributed by atoms with Crippen LogP contribution >= 0.6 is 0 Å². The average molecular weight is 725 g/mol. The largest absolute Gasteiger partial charge is 0.264 e. The van der Waals surface area contributed by atoms with E-state index in [1.54, 1.807) is 0 Å². The smallest absolute Gasteiger partial charge is 0.0803 e. The third kappa shape index (κ3) is 5.73.